The molecule has 0 saturated carbocycles. The first-order valence-electron chi connectivity index (χ1n) is 8.87. The maximum atomic E-state index is 10.3. The van der Waals surface area contributed by atoms with E-state index in [1.807, 2.05) is 32.9 Å². The topological polar surface area (TPSA) is 41.9 Å². The summed E-state index contributed by atoms with van der Waals surface area (Å²) in [4.78, 5) is 2.30. The van der Waals surface area contributed by atoms with E-state index < -0.39 is 6.10 Å². The first kappa shape index (κ1) is 20.9. The van der Waals surface area contributed by atoms with Crippen LogP contribution in [-0.2, 0) is 11.3 Å². The summed E-state index contributed by atoms with van der Waals surface area (Å²) in [5.74, 6) is 1.51. The molecule has 0 aliphatic heterocycles. The summed E-state index contributed by atoms with van der Waals surface area (Å²) in [7, 11) is 1.68. The van der Waals surface area contributed by atoms with Crippen molar-refractivity contribution in [3.8, 4) is 5.75 Å². The summed E-state index contributed by atoms with van der Waals surface area (Å²) in [5.41, 5.74) is 0.971. The molecule has 0 bridgehead atoms. The van der Waals surface area contributed by atoms with Crippen molar-refractivity contribution in [3.05, 3.63) is 29.8 Å². The maximum absolute atomic E-state index is 10.3. The van der Waals surface area contributed by atoms with Gasteiger partial charge in [0.1, 0.15) is 5.75 Å². The first-order valence-corrected chi connectivity index (χ1v) is 8.87. The molecule has 4 nitrogen and oxygen atoms in total. The van der Waals surface area contributed by atoms with Crippen LogP contribution in [0.1, 0.15) is 46.6 Å². The lowest BCUT2D eigenvalue weighted by atomic mass is 10.1. The summed E-state index contributed by atoms with van der Waals surface area (Å²) in [5, 5.41) is 10.3. The molecule has 0 aliphatic carbocycles. The van der Waals surface area contributed by atoms with E-state index in [2.05, 4.69) is 30.9 Å². The lowest BCUT2D eigenvalue weighted by Gasteiger charge is -2.28. The highest BCUT2D eigenvalue weighted by Crippen LogP contribution is 2.16. The average molecular weight is 338 g/mol. The monoisotopic (exact) mass is 337 g/mol. The zero-order chi connectivity index (χ0) is 18.2. The van der Waals surface area contributed by atoms with E-state index in [4.69, 9.17) is 9.47 Å². The maximum Gasteiger partial charge on any atom is 0.119 e. The SMILES string of the molecule is COc1cccc(CN(CCC(C)C)C[C@@H](O)COC(C)(C)C)c1. The van der Waals surface area contributed by atoms with Crippen LogP contribution >= 0.6 is 0 Å². The highest BCUT2D eigenvalue weighted by atomic mass is 16.5. The second-order valence-corrected chi connectivity index (χ2v) is 7.85. The number of benzene rings is 1. The Bertz CT molecular complexity index is 468. The second-order valence-electron chi connectivity index (χ2n) is 7.85. The van der Waals surface area contributed by atoms with Crippen LogP contribution in [0.5, 0.6) is 5.75 Å². The van der Waals surface area contributed by atoms with Gasteiger partial charge in [0, 0.05) is 13.1 Å². The van der Waals surface area contributed by atoms with Crippen LogP contribution in [-0.4, -0.2) is 48.5 Å². The molecule has 4 heteroatoms. The molecule has 138 valence electrons. The van der Waals surface area contributed by atoms with E-state index in [9.17, 15) is 5.11 Å². The van der Waals surface area contributed by atoms with Gasteiger partial charge in [-0.25, -0.2) is 0 Å². The standard InChI is InChI=1S/C20H35NO3/c1-16(2)10-11-21(14-18(22)15-24-20(3,4)5)13-17-8-7-9-19(12-17)23-6/h7-9,12,16,18,22H,10-11,13-15H2,1-6H3/t18-/m1/s1. The number of aliphatic hydroxyl groups excluding tert-OH is 1. The zero-order valence-electron chi connectivity index (χ0n) is 16.2. The Hall–Kier alpha value is -1.10. The van der Waals surface area contributed by atoms with E-state index >= 15 is 0 Å². The van der Waals surface area contributed by atoms with Gasteiger partial charge in [0.2, 0.25) is 0 Å². The quantitative estimate of drug-likeness (QED) is 0.706. The Morgan fingerprint density at radius 3 is 2.50 bits per heavy atom. The van der Waals surface area contributed by atoms with Crippen molar-refractivity contribution in [1.82, 2.24) is 4.90 Å². The number of aliphatic hydroxyl groups is 1. The number of ether oxygens (including phenoxy) is 2. The summed E-state index contributed by atoms with van der Waals surface area (Å²) in [6, 6.07) is 8.12. The molecule has 24 heavy (non-hydrogen) atoms. The van der Waals surface area contributed by atoms with Crippen LogP contribution in [0.3, 0.4) is 0 Å². The number of hydrogen-bond acceptors (Lipinski definition) is 4. The van der Waals surface area contributed by atoms with E-state index in [1.165, 1.54) is 5.56 Å². The van der Waals surface area contributed by atoms with Crippen molar-refractivity contribution in [1.29, 1.82) is 0 Å². The number of rotatable bonds is 10. The molecule has 0 saturated heterocycles. The van der Waals surface area contributed by atoms with Gasteiger partial charge in [0.05, 0.1) is 25.4 Å². The summed E-state index contributed by atoms with van der Waals surface area (Å²) in [6.07, 6.45) is 0.624. The van der Waals surface area contributed by atoms with E-state index in [0.29, 0.717) is 19.1 Å². The molecular weight excluding hydrogens is 302 g/mol. The summed E-state index contributed by atoms with van der Waals surface area (Å²) >= 11 is 0. The average Bonchev–Trinajstić information content (AvgIpc) is 2.50. The van der Waals surface area contributed by atoms with Crippen molar-refractivity contribution in [2.24, 2.45) is 5.92 Å². The minimum atomic E-state index is -0.484. The Labute approximate surface area is 147 Å². The Morgan fingerprint density at radius 1 is 1.21 bits per heavy atom. The Balaban J connectivity index is 2.65. The van der Waals surface area contributed by atoms with Crippen LogP contribution in [0, 0.1) is 5.92 Å². The molecule has 0 heterocycles. The normalized spacial score (nSPS) is 13.5. The third-order valence-corrected chi connectivity index (χ3v) is 3.74. The molecule has 0 aliphatic rings. The predicted molar refractivity (Wildman–Crippen MR) is 99.4 cm³/mol. The minimum Gasteiger partial charge on any atom is -0.497 e. The van der Waals surface area contributed by atoms with Crippen molar-refractivity contribution in [2.45, 2.75) is 59.3 Å². The van der Waals surface area contributed by atoms with E-state index in [1.54, 1.807) is 7.11 Å². The third kappa shape index (κ3) is 9.26. The number of hydrogen-bond donors (Lipinski definition) is 1. The molecule has 1 N–H and O–H groups in total. The molecular formula is C20H35NO3. The van der Waals surface area contributed by atoms with Crippen LogP contribution in [0.15, 0.2) is 24.3 Å². The smallest absolute Gasteiger partial charge is 0.119 e. The van der Waals surface area contributed by atoms with Gasteiger partial charge in [0.15, 0.2) is 0 Å². The first-order chi connectivity index (χ1) is 11.2. The van der Waals surface area contributed by atoms with Crippen molar-refractivity contribution < 1.29 is 14.6 Å². The molecule has 0 amide bonds. The fourth-order valence-corrected chi connectivity index (χ4v) is 2.40. The number of methoxy groups -OCH3 is 1. The van der Waals surface area contributed by atoms with Gasteiger partial charge in [-0.3, -0.25) is 4.90 Å². The predicted octanol–water partition coefficient (Wildman–Crippen LogP) is 3.72. The van der Waals surface area contributed by atoms with Gasteiger partial charge in [-0.05, 0) is 57.4 Å². The highest BCUT2D eigenvalue weighted by molar-refractivity contribution is 5.28. The molecule has 0 unspecified atom stereocenters. The van der Waals surface area contributed by atoms with Crippen LogP contribution in [0.4, 0.5) is 0 Å². The van der Waals surface area contributed by atoms with Crippen molar-refractivity contribution in [3.63, 3.8) is 0 Å². The largest absolute Gasteiger partial charge is 0.497 e. The Morgan fingerprint density at radius 2 is 1.92 bits per heavy atom. The van der Waals surface area contributed by atoms with Crippen LogP contribution < -0.4 is 4.74 Å². The van der Waals surface area contributed by atoms with Gasteiger partial charge in [-0.2, -0.15) is 0 Å². The van der Waals surface area contributed by atoms with Gasteiger partial charge < -0.3 is 14.6 Å². The van der Waals surface area contributed by atoms with E-state index in [0.717, 1.165) is 25.3 Å². The molecule has 1 rings (SSSR count). The van der Waals surface area contributed by atoms with Gasteiger partial charge in [0.25, 0.3) is 0 Å². The molecule has 0 radical (unpaired) electrons. The fraction of sp³-hybridized carbons (Fsp3) is 0.700. The molecule has 1 aromatic rings. The van der Waals surface area contributed by atoms with Crippen molar-refractivity contribution >= 4 is 0 Å². The second kappa shape index (κ2) is 10.0. The van der Waals surface area contributed by atoms with E-state index in [-0.39, 0.29) is 5.60 Å². The fourth-order valence-electron chi connectivity index (χ4n) is 2.40. The highest BCUT2D eigenvalue weighted by Gasteiger charge is 2.17. The molecule has 1 atom stereocenters. The van der Waals surface area contributed by atoms with Crippen LogP contribution in [0.2, 0.25) is 0 Å². The summed E-state index contributed by atoms with van der Waals surface area (Å²) < 4.78 is 11.0. The lowest BCUT2D eigenvalue weighted by molar-refractivity contribution is -0.0568. The zero-order valence-corrected chi connectivity index (χ0v) is 16.2. The van der Waals surface area contributed by atoms with Crippen molar-refractivity contribution in [2.75, 3.05) is 26.8 Å². The molecule has 1 aromatic carbocycles. The summed E-state index contributed by atoms with van der Waals surface area (Å²) in [6.45, 7) is 13.2. The van der Waals surface area contributed by atoms with Gasteiger partial charge in [-0.1, -0.05) is 26.0 Å². The molecule has 0 spiro atoms. The molecule has 0 fully saturated rings. The molecule has 0 aromatic heterocycles. The third-order valence-electron chi connectivity index (χ3n) is 3.74. The van der Waals surface area contributed by atoms with Gasteiger partial charge in [-0.15, -0.1) is 0 Å². The lowest BCUT2D eigenvalue weighted by Crippen LogP contribution is -2.37. The van der Waals surface area contributed by atoms with Crippen LogP contribution in [0.25, 0.3) is 0 Å². The van der Waals surface area contributed by atoms with Gasteiger partial charge >= 0.3 is 0 Å². The minimum absolute atomic E-state index is 0.226. The Kier molecular flexibility index (Phi) is 8.74. The number of nitrogens with zero attached hydrogens (tertiary/aromatic N) is 1.